The SMILES string of the molecule is CCNCC(Cc1ccc(F)cc1Cl)c1ccc(Br)cc1. The van der Waals surface area contributed by atoms with Gasteiger partial charge in [0.05, 0.1) is 0 Å². The molecule has 1 atom stereocenters. The first kappa shape index (κ1) is 16.5. The van der Waals surface area contributed by atoms with Crippen molar-refractivity contribution in [2.45, 2.75) is 19.3 Å². The molecule has 1 unspecified atom stereocenters. The molecule has 21 heavy (non-hydrogen) atoms. The highest BCUT2D eigenvalue weighted by atomic mass is 79.9. The van der Waals surface area contributed by atoms with E-state index < -0.39 is 0 Å². The third-order valence-corrected chi connectivity index (χ3v) is 4.34. The standard InChI is InChI=1S/C17H18BrClFN/c1-2-21-11-14(12-3-6-15(18)7-4-12)9-13-5-8-16(20)10-17(13)19/h3-8,10,14,21H,2,9,11H2,1H3. The Bertz CT molecular complexity index is 586. The molecule has 1 N–H and O–H groups in total. The van der Waals surface area contributed by atoms with Gasteiger partial charge in [0.25, 0.3) is 0 Å². The molecule has 2 rings (SSSR count). The average molecular weight is 371 g/mol. The molecule has 0 fully saturated rings. The summed E-state index contributed by atoms with van der Waals surface area (Å²) in [6, 6.07) is 12.9. The normalized spacial score (nSPS) is 12.4. The third kappa shape index (κ3) is 4.80. The molecule has 0 aliphatic carbocycles. The maximum absolute atomic E-state index is 13.2. The minimum absolute atomic E-state index is 0.296. The zero-order valence-corrected chi connectivity index (χ0v) is 14.2. The Hall–Kier alpha value is -0.900. The zero-order chi connectivity index (χ0) is 15.2. The van der Waals surface area contributed by atoms with Gasteiger partial charge in [0.15, 0.2) is 0 Å². The van der Waals surface area contributed by atoms with E-state index in [1.54, 1.807) is 6.07 Å². The van der Waals surface area contributed by atoms with Gasteiger partial charge in [-0.2, -0.15) is 0 Å². The molecule has 112 valence electrons. The first-order valence-corrected chi connectivity index (χ1v) is 8.17. The summed E-state index contributed by atoms with van der Waals surface area (Å²) in [7, 11) is 0. The molecule has 0 spiro atoms. The van der Waals surface area contributed by atoms with Gasteiger partial charge in [0.2, 0.25) is 0 Å². The van der Waals surface area contributed by atoms with Gasteiger partial charge in [0.1, 0.15) is 5.82 Å². The fraction of sp³-hybridized carbons (Fsp3) is 0.294. The number of benzene rings is 2. The van der Waals surface area contributed by atoms with Crippen LogP contribution in [-0.2, 0) is 6.42 Å². The Morgan fingerprint density at radius 3 is 2.52 bits per heavy atom. The highest BCUT2D eigenvalue weighted by Gasteiger charge is 2.14. The average Bonchev–Trinajstić information content (AvgIpc) is 2.46. The summed E-state index contributed by atoms with van der Waals surface area (Å²) in [5, 5.41) is 3.88. The van der Waals surface area contributed by atoms with E-state index in [4.69, 9.17) is 11.6 Å². The van der Waals surface area contributed by atoms with Crippen molar-refractivity contribution in [3.8, 4) is 0 Å². The molecular weight excluding hydrogens is 353 g/mol. The molecule has 0 radical (unpaired) electrons. The van der Waals surface area contributed by atoms with Crippen LogP contribution in [0.5, 0.6) is 0 Å². The van der Waals surface area contributed by atoms with Gasteiger partial charge in [0, 0.05) is 22.0 Å². The lowest BCUT2D eigenvalue weighted by molar-refractivity contribution is 0.592. The van der Waals surface area contributed by atoms with Crippen molar-refractivity contribution in [2.24, 2.45) is 0 Å². The van der Waals surface area contributed by atoms with E-state index in [2.05, 4.69) is 40.3 Å². The first-order valence-electron chi connectivity index (χ1n) is 7.00. The zero-order valence-electron chi connectivity index (χ0n) is 11.9. The van der Waals surface area contributed by atoms with Crippen LogP contribution in [0.1, 0.15) is 24.0 Å². The van der Waals surface area contributed by atoms with E-state index in [1.807, 2.05) is 12.1 Å². The molecule has 0 heterocycles. The molecular formula is C17H18BrClFN. The minimum Gasteiger partial charge on any atom is -0.316 e. The highest BCUT2D eigenvalue weighted by Crippen LogP contribution is 2.26. The summed E-state index contributed by atoms with van der Waals surface area (Å²) in [4.78, 5) is 0. The number of likely N-dealkylation sites (N-methyl/N-ethyl adjacent to an activating group) is 1. The van der Waals surface area contributed by atoms with Crippen LogP contribution < -0.4 is 5.32 Å². The predicted molar refractivity (Wildman–Crippen MR) is 90.5 cm³/mol. The number of halogens is 3. The van der Waals surface area contributed by atoms with Crippen LogP contribution in [0.3, 0.4) is 0 Å². The quantitative estimate of drug-likeness (QED) is 0.739. The summed E-state index contributed by atoms with van der Waals surface area (Å²) in [6.07, 6.45) is 0.785. The van der Waals surface area contributed by atoms with Crippen LogP contribution in [-0.4, -0.2) is 13.1 Å². The van der Waals surface area contributed by atoms with Crippen molar-refractivity contribution in [2.75, 3.05) is 13.1 Å². The van der Waals surface area contributed by atoms with E-state index in [0.717, 1.165) is 29.5 Å². The molecule has 2 aromatic rings. The van der Waals surface area contributed by atoms with Gasteiger partial charge < -0.3 is 5.32 Å². The number of rotatable bonds is 6. The number of hydrogen-bond acceptors (Lipinski definition) is 1. The first-order chi connectivity index (χ1) is 10.1. The fourth-order valence-corrected chi connectivity index (χ4v) is 2.82. The second kappa shape index (κ2) is 7.92. The summed E-state index contributed by atoms with van der Waals surface area (Å²) in [6.45, 7) is 3.87. The predicted octanol–water partition coefficient (Wildman–Crippen LogP) is 5.18. The van der Waals surface area contributed by atoms with Gasteiger partial charge in [-0.1, -0.05) is 52.7 Å². The third-order valence-electron chi connectivity index (χ3n) is 3.46. The number of hydrogen-bond donors (Lipinski definition) is 1. The molecule has 2 aromatic carbocycles. The Morgan fingerprint density at radius 2 is 1.90 bits per heavy atom. The van der Waals surface area contributed by atoms with E-state index in [9.17, 15) is 4.39 Å². The van der Waals surface area contributed by atoms with E-state index in [-0.39, 0.29) is 5.82 Å². The molecule has 0 saturated heterocycles. The number of nitrogens with one attached hydrogen (secondary N) is 1. The van der Waals surface area contributed by atoms with Crippen LogP contribution in [0.25, 0.3) is 0 Å². The summed E-state index contributed by atoms with van der Waals surface area (Å²) >= 11 is 9.61. The molecule has 0 aromatic heterocycles. The second-order valence-electron chi connectivity index (χ2n) is 5.00. The van der Waals surface area contributed by atoms with Gasteiger partial charge in [-0.05, 0) is 48.4 Å². The lowest BCUT2D eigenvalue weighted by Gasteiger charge is -2.19. The van der Waals surface area contributed by atoms with E-state index in [0.29, 0.717) is 10.9 Å². The molecule has 0 amide bonds. The van der Waals surface area contributed by atoms with Crippen molar-refractivity contribution in [3.63, 3.8) is 0 Å². The molecule has 0 bridgehead atoms. The van der Waals surface area contributed by atoms with Crippen LogP contribution in [0.2, 0.25) is 5.02 Å². The largest absolute Gasteiger partial charge is 0.316 e. The van der Waals surface area contributed by atoms with Gasteiger partial charge in [-0.3, -0.25) is 0 Å². The van der Waals surface area contributed by atoms with Crippen LogP contribution in [0, 0.1) is 5.82 Å². The molecule has 0 aliphatic heterocycles. The maximum atomic E-state index is 13.2. The summed E-state index contributed by atoms with van der Waals surface area (Å²) in [5.41, 5.74) is 2.23. The minimum atomic E-state index is -0.296. The second-order valence-corrected chi connectivity index (χ2v) is 6.32. The summed E-state index contributed by atoms with van der Waals surface area (Å²) < 4.78 is 14.2. The molecule has 0 saturated carbocycles. The Kier molecular flexibility index (Phi) is 6.22. The Labute approximate surface area is 138 Å². The van der Waals surface area contributed by atoms with Crippen LogP contribution in [0.15, 0.2) is 46.9 Å². The van der Waals surface area contributed by atoms with E-state index >= 15 is 0 Å². The smallest absolute Gasteiger partial charge is 0.124 e. The maximum Gasteiger partial charge on any atom is 0.124 e. The Morgan fingerprint density at radius 1 is 1.19 bits per heavy atom. The monoisotopic (exact) mass is 369 g/mol. The van der Waals surface area contributed by atoms with Crippen molar-refractivity contribution < 1.29 is 4.39 Å². The van der Waals surface area contributed by atoms with Gasteiger partial charge in [-0.25, -0.2) is 4.39 Å². The van der Waals surface area contributed by atoms with Gasteiger partial charge >= 0.3 is 0 Å². The van der Waals surface area contributed by atoms with Crippen molar-refractivity contribution >= 4 is 27.5 Å². The molecule has 0 aliphatic rings. The summed E-state index contributed by atoms with van der Waals surface area (Å²) in [5.74, 6) is 0.0108. The van der Waals surface area contributed by atoms with Gasteiger partial charge in [-0.15, -0.1) is 0 Å². The van der Waals surface area contributed by atoms with Crippen LogP contribution in [0.4, 0.5) is 4.39 Å². The molecule has 1 nitrogen and oxygen atoms in total. The van der Waals surface area contributed by atoms with Crippen molar-refractivity contribution in [1.29, 1.82) is 0 Å². The van der Waals surface area contributed by atoms with Crippen molar-refractivity contribution in [1.82, 2.24) is 5.32 Å². The van der Waals surface area contributed by atoms with Crippen molar-refractivity contribution in [3.05, 3.63) is 68.9 Å². The highest BCUT2D eigenvalue weighted by molar-refractivity contribution is 9.10. The lowest BCUT2D eigenvalue weighted by atomic mass is 9.92. The fourth-order valence-electron chi connectivity index (χ4n) is 2.31. The topological polar surface area (TPSA) is 12.0 Å². The molecule has 4 heteroatoms. The Balaban J connectivity index is 2.21. The van der Waals surface area contributed by atoms with Crippen LogP contribution >= 0.6 is 27.5 Å². The van der Waals surface area contributed by atoms with E-state index in [1.165, 1.54) is 17.7 Å². The lowest BCUT2D eigenvalue weighted by Crippen LogP contribution is -2.22.